The molecule has 2 aromatic heterocycles. The molecule has 0 saturated heterocycles. The maximum Gasteiger partial charge on any atom is 0.349 e. The van der Waals surface area contributed by atoms with Crippen molar-refractivity contribution in [1.82, 2.24) is 0 Å². The third-order valence-electron chi connectivity index (χ3n) is 5.29. The van der Waals surface area contributed by atoms with Crippen molar-refractivity contribution < 1.29 is 37.7 Å². The van der Waals surface area contributed by atoms with Crippen molar-refractivity contribution in [3.8, 4) is 23.0 Å². The molecule has 1 aliphatic rings. The molecule has 2 bridgehead atoms. The highest BCUT2D eigenvalue weighted by Crippen LogP contribution is 2.50. The van der Waals surface area contributed by atoms with Crippen LogP contribution in [0.25, 0.3) is 11.2 Å². The molecule has 2 aromatic carbocycles. The molecule has 0 atom stereocenters. The third kappa shape index (κ3) is 3.38. The average Bonchev–Trinajstić information content (AvgIpc) is 3.48. The van der Waals surface area contributed by atoms with Crippen molar-refractivity contribution in [2.24, 2.45) is 0 Å². The number of furan rings is 2. The van der Waals surface area contributed by atoms with Gasteiger partial charge in [0.15, 0.2) is 17.8 Å². The zero-order valence-corrected chi connectivity index (χ0v) is 18.3. The van der Waals surface area contributed by atoms with Gasteiger partial charge >= 0.3 is 5.97 Å². The summed E-state index contributed by atoms with van der Waals surface area (Å²) in [7, 11) is 1.35. The molecule has 3 heterocycles. The van der Waals surface area contributed by atoms with E-state index in [0.717, 1.165) is 4.90 Å². The van der Waals surface area contributed by atoms with Crippen molar-refractivity contribution in [2.75, 3.05) is 25.2 Å². The standard InChI is InChI=1S/C25H19NO8/c1-3-31-15-9-11-16(12-10-15)32-13-17(27)33-23-21-19-18(20(34-21)22(23)30-2)24(28)26(25(19)29)14-7-5-4-6-8-14/h4-12H,3,13H2,1-2H3. The monoisotopic (exact) mass is 461 g/mol. The van der Waals surface area contributed by atoms with E-state index in [9.17, 15) is 14.4 Å². The smallest absolute Gasteiger partial charge is 0.349 e. The number of imide groups is 1. The molecule has 4 aromatic rings. The van der Waals surface area contributed by atoms with E-state index in [1.54, 1.807) is 54.6 Å². The second-order valence-electron chi connectivity index (χ2n) is 7.32. The normalized spacial score (nSPS) is 12.8. The largest absolute Gasteiger partial charge is 0.494 e. The van der Waals surface area contributed by atoms with Crippen LogP contribution in [0.2, 0.25) is 0 Å². The topological polar surface area (TPSA) is 105 Å². The van der Waals surface area contributed by atoms with E-state index in [1.807, 2.05) is 6.92 Å². The highest BCUT2D eigenvalue weighted by atomic mass is 16.6. The number of anilines is 1. The van der Waals surface area contributed by atoms with Crippen molar-refractivity contribution >= 4 is 34.6 Å². The van der Waals surface area contributed by atoms with Crippen LogP contribution in [0.4, 0.5) is 5.69 Å². The number of methoxy groups -OCH3 is 1. The van der Waals surface area contributed by atoms with Crippen LogP contribution in [0.15, 0.2) is 59.0 Å². The lowest BCUT2D eigenvalue weighted by atomic mass is 10.1. The Balaban J connectivity index is 1.37. The first-order chi connectivity index (χ1) is 16.5. The fourth-order valence-corrected chi connectivity index (χ4v) is 3.86. The number of amides is 2. The van der Waals surface area contributed by atoms with Gasteiger partial charge in [0.2, 0.25) is 11.5 Å². The number of para-hydroxylation sites is 1. The number of benzene rings is 3. The first kappa shape index (κ1) is 21.3. The summed E-state index contributed by atoms with van der Waals surface area (Å²) >= 11 is 0. The summed E-state index contributed by atoms with van der Waals surface area (Å²) in [6.45, 7) is 2.02. The Kier molecular flexibility index (Phi) is 5.29. The quantitative estimate of drug-likeness (QED) is 0.220. The third-order valence-corrected chi connectivity index (χ3v) is 5.29. The van der Waals surface area contributed by atoms with Crippen molar-refractivity contribution in [3.05, 3.63) is 65.7 Å². The molecule has 34 heavy (non-hydrogen) atoms. The molecule has 0 saturated carbocycles. The van der Waals surface area contributed by atoms with Crippen LogP contribution in [-0.2, 0) is 4.79 Å². The van der Waals surface area contributed by atoms with Crippen LogP contribution in [0.5, 0.6) is 23.0 Å². The Morgan fingerprint density at radius 3 is 2.03 bits per heavy atom. The summed E-state index contributed by atoms with van der Waals surface area (Å²) < 4.78 is 27.2. The van der Waals surface area contributed by atoms with Gasteiger partial charge in [0.1, 0.15) is 22.6 Å². The molecule has 2 amide bonds. The van der Waals surface area contributed by atoms with E-state index in [-0.39, 0.29) is 33.8 Å². The summed E-state index contributed by atoms with van der Waals surface area (Å²) in [4.78, 5) is 39.7. The van der Waals surface area contributed by atoms with Gasteiger partial charge in [-0.05, 0) is 43.3 Å². The number of rotatable bonds is 8. The van der Waals surface area contributed by atoms with E-state index < -0.39 is 24.4 Å². The van der Waals surface area contributed by atoms with Gasteiger partial charge < -0.3 is 23.4 Å². The molecule has 1 aliphatic heterocycles. The first-order valence-electron chi connectivity index (χ1n) is 10.5. The van der Waals surface area contributed by atoms with E-state index in [0.29, 0.717) is 23.8 Å². The predicted octanol–water partition coefficient (Wildman–Crippen LogP) is 4.06. The van der Waals surface area contributed by atoms with Gasteiger partial charge in [-0.1, -0.05) is 18.2 Å². The van der Waals surface area contributed by atoms with Crippen molar-refractivity contribution in [3.63, 3.8) is 0 Å². The second kappa shape index (κ2) is 8.43. The Hall–Kier alpha value is -4.53. The zero-order valence-electron chi connectivity index (χ0n) is 18.3. The average molecular weight is 461 g/mol. The van der Waals surface area contributed by atoms with Crippen LogP contribution in [0, 0.1) is 0 Å². The highest BCUT2D eigenvalue weighted by Gasteiger charge is 2.46. The number of nitrogens with zero attached hydrogens (tertiary/aromatic N) is 1. The van der Waals surface area contributed by atoms with Crippen LogP contribution in [0.1, 0.15) is 27.6 Å². The summed E-state index contributed by atoms with van der Waals surface area (Å²) in [5, 5.41) is 0. The van der Waals surface area contributed by atoms with Gasteiger partial charge in [-0.3, -0.25) is 9.59 Å². The lowest BCUT2D eigenvalue weighted by molar-refractivity contribution is -0.136. The maximum absolute atomic E-state index is 13.1. The van der Waals surface area contributed by atoms with Crippen LogP contribution in [-0.4, -0.2) is 38.1 Å². The number of hydrogen-bond acceptors (Lipinski definition) is 8. The minimum atomic E-state index is -0.735. The molecule has 5 rings (SSSR count). The van der Waals surface area contributed by atoms with Gasteiger partial charge in [0, 0.05) is 0 Å². The second-order valence-corrected chi connectivity index (χ2v) is 7.32. The Morgan fingerprint density at radius 2 is 1.44 bits per heavy atom. The molecule has 0 radical (unpaired) electrons. The van der Waals surface area contributed by atoms with E-state index in [4.69, 9.17) is 23.4 Å². The van der Waals surface area contributed by atoms with Crippen LogP contribution < -0.4 is 23.8 Å². The fourth-order valence-electron chi connectivity index (χ4n) is 3.86. The van der Waals surface area contributed by atoms with E-state index in [1.165, 1.54) is 7.11 Å². The Morgan fingerprint density at radius 1 is 0.853 bits per heavy atom. The van der Waals surface area contributed by atoms with Gasteiger partial charge in [0.25, 0.3) is 11.8 Å². The summed E-state index contributed by atoms with van der Waals surface area (Å²) in [5.41, 5.74) is 0.590. The summed E-state index contributed by atoms with van der Waals surface area (Å²) in [6.07, 6.45) is 0. The molecular formula is C25H19NO8. The van der Waals surface area contributed by atoms with Crippen LogP contribution >= 0.6 is 0 Å². The van der Waals surface area contributed by atoms with Gasteiger partial charge in [-0.25, -0.2) is 9.69 Å². The molecule has 9 heteroatoms. The lowest BCUT2D eigenvalue weighted by Crippen LogP contribution is -2.29. The number of esters is 1. The van der Waals surface area contributed by atoms with E-state index >= 15 is 0 Å². The number of hydrogen-bond donors (Lipinski definition) is 0. The van der Waals surface area contributed by atoms with Gasteiger partial charge in [-0.2, -0.15) is 0 Å². The maximum atomic E-state index is 13.1. The lowest BCUT2D eigenvalue weighted by Gasteiger charge is -2.13. The minimum absolute atomic E-state index is 0.0203. The molecular weight excluding hydrogens is 442 g/mol. The number of fused-ring (bicyclic) bond motifs is 5. The SMILES string of the molecule is CCOc1ccc(OCC(=O)Oc2c(OC)c3oc2c2c3C(=O)N(c3ccccc3)C2=O)cc1. The molecule has 0 unspecified atom stereocenters. The van der Waals surface area contributed by atoms with Crippen molar-refractivity contribution in [2.45, 2.75) is 6.92 Å². The number of ether oxygens (including phenoxy) is 4. The highest BCUT2D eigenvalue weighted by molar-refractivity contribution is 6.39. The molecule has 0 spiro atoms. The van der Waals surface area contributed by atoms with Crippen molar-refractivity contribution in [1.29, 1.82) is 0 Å². The minimum Gasteiger partial charge on any atom is -0.494 e. The zero-order chi connectivity index (χ0) is 23.8. The summed E-state index contributed by atoms with van der Waals surface area (Å²) in [5.74, 6) is -0.689. The number of carbonyl (C=O) groups excluding carboxylic acids is 3. The summed E-state index contributed by atoms with van der Waals surface area (Å²) in [6, 6.07) is 15.3. The molecule has 0 fully saturated rings. The predicted molar refractivity (Wildman–Crippen MR) is 120 cm³/mol. The molecule has 0 N–H and O–H groups in total. The van der Waals surface area contributed by atoms with Crippen LogP contribution in [0.3, 0.4) is 0 Å². The fraction of sp³-hybridized carbons (Fsp3) is 0.160. The molecule has 9 nitrogen and oxygen atoms in total. The first-order valence-corrected chi connectivity index (χ1v) is 10.5. The molecule has 0 aliphatic carbocycles. The van der Waals surface area contributed by atoms with E-state index in [2.05, 4.69) is 0 Å². The Bertz CT molecular complexity index is 1370. The van der Waals surface area contributed by atoms with Gasteiger partial charge in [-0.15, -0.1) is 0 Å². The number of carbonyl (C=O) groups is 3. The van der Waals surface area contributed by atoms with Gasteiger partial charge in [0.05, 0.1) is 19.4 Å². The molecule has 172 valence electrons. The Labute approximate surface area is 193 Å².